The van der Waals surface area contributed by atoms with Crippen molar-refractivity contribution in [3.05, 3.63) is 29.6 Å². The Morgan fingerprint density at radius 2 is 2.10 bits per heavy atom. The zero-order valence-corrected chi connectivity index (χ0v) is 13.0. The molecule has 8 heteroatoms. The van der Waals surface area contributed by atoms with Crippen LogP contribution in [0, 0.1) is 6.92 Å². The lowest BCUT2D eigenvalue weighted by Gasteiger charge is -2.11. The Morgan fingerprint density at radius 3 is 2.67 bits per heavy atom. The van der Waals surface area contributed by atoms with Gasteiger partial charge in [0, 0.05) is 12.1 Å². The summed E-state index contributed by atoms with van der Waals surface area (Å²) in [4.78, 5) is 19.3. The number of carbonyl (C=O) groups is 1. The Kier molecular flexibility index (Phi) is 4.89. The van der Waals surface area contributed by atoms with E-state index in [1.54, 1.807) is 12.4 Å². The van der Waals surface area contributed by atoms with Gasteiger partial charge in [-0.05, 0) is 6.92 Å². The third-order valence-corrected chi connectivity index (χ3v) is 3.69. The van der Waals surface area contributed by atoms with Crippen molar-refractivity contribution in [1.82, 2.24) is 24.7 Å². The van der Waals surface area contributed by atoms with Crippen molar-refractivity contribution in [2.24, 2.45) is 0 Å². The molecule has 0 amide bonds. The summed E-state index contributed by atoms with van der Waals surface area (Å²) in [5.41, 5.74) is 1.64. The zero-order chi connectivity index (χ0) is 15.4. The molecular weight excluding hydrogens is 290 g/mol. The highest BCUT2D eigenvalue weighted by atomic mass is 32.2. The van der Waals surface area contributed by atoms with Crippen LogP contribution in [0.2, 0.25) is 0 Å². The molecule has 112 valence electrons. The van der Waals surface area contributed by atoms with E-state index in [0.29, 0.717) is 11.7 Å². The van der Waals surface area contributed by atoms with Gasteiger partial charge in [0.25, 0.3) is 0 Å². The van der Waals surface area contributed by atoms with Crippen LogP contribution in [0.3, 0.4) is 0 Å². The summed E-state index contributed by atoms with van der Waals surface area (Å²) in [7, 11) is 0. The topological polar surface area (TPSA) is 93.8 Å². The molecule has 0 aliphatic carbocycles. The Balaban J connectivity index is 2.27. The second kappa shape index (κ2) is 6.66. The Hall–Kier alpha value is -1.96. The molecule has 7 nitrogen and oxygen atoms in total. The van der Waals surface area contributed by atoms with E-state index >= 15 is 0 Å². The smallest absolute Gasteiger partial charge is 0.313 e. The highest BCUT2D eigenvalue weighted by molar-refractivity contribution is 7.99. The summed E-state index contributed by atoms with van der Waals surface area (Å²) in [6.45, 7) is 6.40. The fourth-order valence-electron chi connectivity index (χ4n) is 1.77. The molecular formula is C13H17N5O2S. The van der Waals surface area contributed by atoms with Crippen LogP contribution < -0.4 is 0 Å². The predicted octanol–water partition coefficient (Wildman–Crippen LogP) is 1.72. The van der Waals surface area contributed by atoms with Gasteiger partial charge < -0.3 is 5.11 Å². The van der Waals surface area contributed by atoms with Gasteiger partial charge in [-0.15, -0.1) is 10.2 Å². The number of carboxylic acids is 1. The van der Waals surface area contributed by atoms with Gasteiger partial charge in [-0.3, -0.25) is 19.3 Å². The molecule has 2 aromatic heterocycles. The molecule has 1 N–H and O–H groups in total. The average Bonchev–Trinajstić information content (AvgIpc) is 2.82. The van der Waals surface area contributed by atoms with Crippen molar-refractivity contribution in [2.75, 3.05) is 5.75 Å². The fourth-order valence-corrected chi connectivity index (χ4v) is 2.44. The number of aryl methyl sites for hydroxylation is 1. The number of hydrogen-bond donors (Lipinski definition) is 1. The highest BCUT2D eigenvalue weighted by Gasteiger charge is 2.17. The lowest BCUT2D eigenvalue weighted by atomic mass is 10.2. The van der Waals surface area contributed by atoms with Crippen LogP contribution >= 0.6 is 11.8 Å². The largest absolute Gasteiger partial charge is 0.481 e. The van der Waals surface area contributed by atoms with Gasteiger partial charge in [0.05, 0.1) is 29.9 Å². The molecule has 0 aliphatic rings. The second-order valence-electron chi connectivity index (χ2n) is 4.91. The number of hydrogen-bond acceptors (Lipinski definition) is 6. The van der Waals surface area contributed by atoms with E-state index in [4.69, 9.17) is 5.11 Å². The van der Waals surface area contributed by atoms with Gasteiger partial charge in [-0.1, -0.05) is 25.6 Å². The van der Waals surface area contributed by atoms with Crippen molar-refractivity contribution in [1.29, 1.82) is 0 Å². The number of thioether (sulfide) groups is 1. The molecule has 0 atom stereocenters. The normalized spacial score (nSPS) is 11.0. The minimum atomic E-state index is -0.879. The maximum atomic E-state index is 10.7. The minimum absolute atomic E-state index is 0.0458. The number of nitrogens with zero attached hydrogens (tertiary/aromatic N) is 5. The van der Waals surface area contributed by atoms with Crippen LogP contribution in [0.1, 0.15) is 37.0 Å². The molecule has 0 fully saturated rings. The third kappa shape index (κ3) is 4.01. The van der Waals surface area contributed by atoms with E-state index < -0.39 is 5.97 Å². The number of carboxylic acid groups (broad SMARTS) is 1. The first-order valence-electron chi connectivity index (χ1n) is 6.52. The molecule has 2 aromatic rings. The lowest BCUT2D eigenvalue weighted by Crippen LogP contribution is -2.10. The van der Waals surface area contributed by atoms with E-state index in [9.17, 15) is 4.79 Å². The average molecular weight is 307 g/mol. The molecule has 0 saturated carbocycles. The minimum Gasteiger partial charge on any atom is -0.481 e. The zero-order valence-electron chi connectivity index (χ0n) is 12.1. The van der Waals surface area contributed by atoms with E-state index in [-0.39, 0.29) is 11.7 Å². The van der Waals surface area contributed by atoms with Crippen LogP contribution in [0.25, 0.3) is 0 Å². The number of aliphatic carboxylic acids is 1. The molecule has 0 spiro atoms. The van der Waals surface area contributed by atoms with Crippen LogP contribution in [0.5, 0.6) is 0 Å². The molecule has 21 heavy (non-hydrogen) atoms. The molecule has 2 rings (SSSR count). The van der Waals surface area contributed by atoms with E-state index in [2.05, 4.69) is 20.2 Å². The first kappa shape index (κ1) is 15.4. The van der Waals surface area contributed by atoms with Gasteiger partial charge in [-0.2, -0.15) is 0 Å². The summed E-state index contributed by atoms with van der Waals surface area (Å²) < 4.78 is 1.90. The predicted molar refractivity (Wildman–Crippen MR) is 78.3 cm³/mol. The Labute approximate surface area is 126 Å². The van der Waals surface area contributed by atoms with Crippen molar-refractivity contribution in [3.63, 3.8) is 0 Å². The molecule has 0 aliphatic heterocycles. The van der Waals surface area contributed by atoms with Gasteiger partial charge >= 0.3 is 5.97 Å². The van der Waals surface area contributed by atoms with Crippen LogP contribution in [-0.4, -0.2) is 41.6 Å². The lowest BCUT2D eigenvalue weighted by molar-refractivity contribution is -0.133. The molecule has 0 saturated heterocycles. The van der Waals surface area contributed by atoms with Crippen molar-refractivity contribution < 1.29 is 9.90 Å². The van der Waals surface area contributed by atoms with Gasteiger partial charge in [0.2, 0.25) is 0 Å². The first-order valence-corrected chi connectivity index (χ1v) is 7.51. The summed E-state index contributed by atoms with van der Waals surface area (Å²) in [5.74, 6) is 0.0756. The summed E-state index contributed by atoms with van der Waals surface area (Å²) in [6.07, 6.45) is 3.42. The quantitative estimate of drug-likeness (QED) is 0.812. The standard InChI is InChI=1S/C13H17N5O2S/c1-8(2)12-16-17-13(21-7-11(19)20)18(12)6-10-5-14-9(3)4-15-10/h4-5,8H,6-7H2,1-3H3,(H,19,20). The Bertz CT molecular complexity index is 624. The monoisotopic (exact) mass is 307 g/mol. The molecule has 0 aromatic carbocycles. The highest BCUT2D eigenvalue weighted by Crippen LogP contribution is 2.22. The number of aromatic nitrogens is 5. The van der Waals surface area contributed by atoms with Crippen molar-refractivity contribution in [2.45, 2.75) is 38.4 Å². The van der Waals surface area contributed by atoms with Gasteiger partial charge in [0.1, 0.15) is 5.82 Å². The van der Waals surface area contributed by atoms with E-state index in [1.807, 2.05) is 25.3 Å². The molecule has 2 heterocycles. The van der Waals surface area contributed by atoms with Crippen LogP contribution in [0.4, 0.5) is 0 Å². The van der Waals surface area contributed by atoms with Crippen molar-refractivity contribution >= 4 is 17.7 Å². The number of rotatable bonds is 6. The first-order chi connectivity index (χ1) is 9.97. The molecule has 0 unspecified atom stereocenters. The van der Waals surface area contributed by atoms with E-state index in [1.165, 1.54) is 0 Å². The van der Waals surface area contributed by atoms with Crippen LogP contribution in [-0.2, 0) is 11.3 Å². The molecule has 0 bridgehead atoms. The van der Waals surface area contributed by atoms with Gasteiger partial charge in [-0.25, -0.2) is 0 Å². The summed E-state index contributed by atoms with van der Waals surface area (Å²) in [5, 5.41) is 17.6. The fraction of sp³-hybridized carbons (Fsp3) is 0.462. The maximum Gasteiger partial charge on any atom is 0.313 e. The molecule has 0 radical (unpaired) electrons. The van der Waals surface area contributed by atoms with Crippen molar-refractivity contribution in [3.8, 4) is 0 Å². The summed E-state index contributed by atoms with van der Waals surface area (Å²) >= 11 is 1.16. The van der Waals surface area contributed by atoms with Crippen LogP contribution in [0.15, 0.2) is 17.6 Å². The maximum absolute atomic E-state index is 10.7. The Morgan fingerprint density at radius 1 is 1.33 bits per heavy atom. The second-order valence-corrected chi connectivity index (χ2v) is 5.86. The van der Waals surface area contributed by atoms with Gasteiger partial charge in [0.15, 0.2) is 5.16 Å². The summed E-state index contributed by atoms with van der Waals surface area (Å²) in [6, 6.07) is 0. The SMILES string of the molecule is Cc1cnc(Cn2c(SCC(=O)O)nnc2C(C)C)cn1. The van der Waals surface area contributed by atoms with E-state index in [0.717, 1.165) is 29.0 Å². The third-order valence-electron chi connectivity index (χ3n) is 2.74.